The van der Waals surface area contributed by atoms with Crippen molar-refractivity contribution < 1.29 is 32.8 Å². The van der Waals surface area contributed by atoms with Gasteiger partial charge in [-0.05, 0) is 6.92 Å². The summed E-state index contributed by atoms with van der Waals surface area (Å²) < 4.78 is 28.0. The highest BCUT2D eigenvalue weighted by Crippen LogP contribution is 1.86. The largest absolute Gasteiger partial charge is 0.480 e. The lowest BCUT2D eigenvalue weighted by Crippen LogP contribution is -2.36. The number of aliphatic carboxylic acids is 2. The maximum absolute atomic E-state index is 9.96. The average molecular weight is 255 g/mol. The van der Waals surface area contributed by atoms with Gasteiger partial charge in [-0.2, -0.15) is 8.42 Å². The second kappa shape index (κ2) is 7.79. The van der Waals surface area contributed by atoms with Crippen LogP contribution in [0.25, 0.3) is 0 Å². The van der Waals surface area contributed by atoms with Gasteiger partial charge in [-0.1, -0.05) is 6.08 Å². The van der Waals surface area contributed by atoms with Crippen molar-refractivity contribution in [2.75, 3.05) is 5.75 Å². The standard InChI is InChI=1S/C4H6O2.C3H7NO5S/c1-2-3-4(5)6;4-2(3(5)6)1-10(7,8)9/h2-3H,1H3,(H,5,6);2H,1,4H2,(H,5,6)(H,7,8,9). The highest BCUT2D eigenvalue weighted by atomic mass is 32.2. The smallest absolute Gasteiger partial charge is 0.327 e. The summed E-state index contributed by atoms with van der Waals surface area (Å²) in [5.41, 5.74) is 4.76. The maximum Gasteiger partial charge on any atom is 0.327 e. The normalized spacial score (nSPS) is 12.7. The van der Waals surface area contributed by atoms with Crippen molar-refractivity contribution in [2.24, 2.45) is 5.73 Å². The first kappa shape index (κ1) is 17.0. The van der Waals surface area contributed by atoms with Crippen molar-refractivity contribution in [3.8, 4) is 0 Å². The Kier molecular flexibility index (Phi) is 8.26. The van der Waals surface area contributed by atoms with Crippen LogP contribution in [0.2, 0.25) is 0 Å². The van der Waals surface area contributed by atoms with E-state index < -0.39 is 33.9 Å². The Bertz CT molecular complexity index is 359. The monoisotopic (exact) mass is 255 g/mol. The first-order valence-corrected chi connectivity index (χ1v) is 5.50. The number of carbonyl (C=O) groups is 2. The van der Waals surface area contributed by atoms with Crippen LogP contribution in [0.3, 0.4) is 0 Å². The first-order chi connectivity index (χ1) is 7.10. The Morgan fingerprint density at radius 1 is 1.38 bits per heavy atom. The molecule has 0 spiro atoms. The van der Waals surface area contributed by atoms with E-state index in [0.717, 1.165) is 6.08 Å². The molecule has 16 heavy (non-hydrogen) atoms. The van der Waals surface area contributed by atoms with E-state index in [2.05, 4.69) is 0 Å². The molecule has 0 saturated carbocycles. The van der Waals surface area contributed by atoms with E-state index in [0.29, 0.717) is 0 Å². The van der Waals surface area contributed by atoms with Gasteiger partial charge in [0.05, 0.1) is 0 Å². The molecular formula is C7H13NO7S. The van der Waals surface area contributed by atoms with E-state index in [1.54, 1.807) is 6.92 Å². The minimum Gasteiger partial charge on any atom is -0.480 e. The lowest BCUT2D eigenvalue weighted by Gasteiger charge is -2.01. The Balaban J connectivity index is 0. The molecule has 0 aliphatic heterocycles. The summed E-state index contributed by atoms with van der Waals surface area (Å²) in [7, 11) is -4.27. The van der Waals surface area contributed by atoms with Gasteiger partial charge in [0.2, 0.25) is 0 Å². The van der Waals surface area contributed by atoms with E-state index >= 15 is 0 Å². The lowest BCUT2D eigenvalue weighted by atomic mass is 10.4. The maximum atomic E-state index is 9.96. The van der Waals surface area contributed by atoms with Gasteiger partial charge in [-0.25, -0.2) is 4.79 Å². The average Bonchev–Trinajstić information content (AvgIpc) is 2.01. The summed E-state index contributed by atoms with van der Waals surface area (Å²) in [4.78, 5) is 19.4. The third kappa shape index (κ3) is 15.0. The molecule has 0 radical (unpaired) electrons. The third-order valence-corrected chi connectivity index (χ3v) is 1.80. The minimum atomic E-state index is -4.27. The van der Waals surface area contributed by atoms with Crippen LogP contribution in [0.1, 0.15) is 6.92 Å². The Morgan fingerprint density at radius 3 is 1.88 bits per heavy atom. The van der Waals surface area contributed by atoms with Crippen LogP contribution in [-0.4, -0.2) is 46.9 Å². The van der Waals surface area contributed by atoms with Gasteiger partial charge in [-0.3, -0.25) is 9.35 Å². The molecule has 0 aliphatic carbocycles. The molecule has 94 valence electrons. The predicted molar refractivity (Wildman–Crippen MR) is 54.5 cm³/mol. The fourth-order valence-electron chi connectivity index (χ4n) is 0.441. The summed E-state index contributed by atoms with van der Waals surface area (Å²) >= 11 is 0. The Morgan fingerprint density at radius 2 is 1.81 bits per heavy atom. The summed E-state index contributed by atoms with van der Waals surface area (Å²) in [5.74, 6) is -3.31. The SMILES string of the molecule is CC=CC(=O)O.NC(CS(=O)(=O)O)C(=O)O. The molecule has 0 bridgehead atoms. The third-order valence-electron chi connectivity index (χ3n) is 1.02. The fourth-order valence-corrected chi connectivity index (χ4v) is 1.04. The van der Waals surface area contributed by atoms with Crippen LogP contribution in [0.5, 0.6) is 0 Å². The van der Waals surface area contributed by atoms with Gasteiger partial charge in [0.25, 0.3) is 10.1 Å². The Hall–Kier alpha value is -1.45. The molecule has 1 atom stereocenters. The fraction of sp³-hybridized carbons (Fsp3) is 0.429. The lowest BCUT2D eigenvalue weighted by molar-refractivity contribution is -0.138. The van der Waals surface area contributed by atoms with E-state index in [9.17, 15) is 18.0 Å². The number of rotatable bonds is 4. The molecule has 0 amide bonds. The molecule has 0 saturated heterocycles. The second-order valence-corrected chi connectivity index (χ2v) is 4.03. The topological polar surface area (TPSA) is 155 Å². The van der Waals surface area contributed by atoms with Gasteiger partial charge >= 0.3 is 11.9 Å². The van der Waals surface area contributed by atoms with Crippen LogP contribution in [0.4, 0.5) is 0 Å². The van der Waals surface area contributed by atoms with Crippen molar-refractivity contribution >= 4 is 22.1 Å². The quantitative estimate of drug-likeness (QED) is 0.365. The van der Waals surface area contributed by atoms with Gasteiger partial charge in [-0.15, -0.1) is 0 Å². The van der Waals surface area contributed by atoms with Gasteiger partial charge < -0.3 is 15.9 Å². The zero-order chi connectivity index (χ0) is 13.4. The van der Waals surface area contributed by atoms with Crippen molar-refractivity contribution in [1.82, 2.24) is 0 Å². The van der Waals surface area contributed by atoms with E-state index in [4.69, 9.17) is 20.5 Å². The number of hydrogen-bond acceptors (Lipinski definition) is 5. The number of hydrogen-bond donors (Lipinski definition) is 4. The van der Waals surface area contributed by atoms with Crippen LogP contribution in [0, 0.1) is 0 Å². The highest BCUT2D eigenvalue weighted by Gasteiger charge is 2.18. The number of allylic oxidation sites excluding steroid dienone is 1. The summed E-state index contributed by atoms with van der Waals surface area (Å²) in [6, 6.07) is -1.56. The number of carboxylic acid groups (broad SMARTS) is 2. The zero-order valence-corrected chi connectivity index (χ0v) is 9.22. The number of carboxylic acids is 2. The summed E-state index contributed by atoms with van der Waals surface area (Å²) in [5, 5.41) is 15.9. The molecule has 1 unspecified atom stereocenters. The van der Waals surface area contributed by atoms with Gasteiger partial charge in [0.1, 0.15) is 11.8 Å². The van der Waals surface area contributed by atoms with Crippen LogP contribution in [-0.2, 0) is 19.7 Å². The van der Waals surface area contributed by atoms with Crippen molar-refractivity contribution in [3.05, 3.63) is 12.2 Å². The van der Waals surface area contributed by atoms with Crippen LogP contribution < -0.4 is 5.73 Å². The van der Waals surface area contributed by atoms with E-state index in [-0.39, 0.29) is 0 Å². The van der Waals surface area contributed by atoms with Crippen LogP contribution in [0.15, 0.2) is 12.2 Å². The summed E-state index contributed by atoms with van der Waals surface area (Å²) in [6.07, 6.45) is 2.56. The molecular weight excluding hydrogens is 242 g/mol. The zero-order valence-electron chi connectivity index (χ0n) is 8.40. The predicted octanol–water partition coefficient (Wildman–Crippen LogP) is -1.07. The minimum absolute atomic E-state index is 0.891. The van der Waals surface area contributed by atoms with Crippen LogP contribution >= 0.6 is 0 Å². The Labute approximate surface area is 92.1 Å². The number of nitrogens with two attached hydrogens (primary N) is 1. The van der Waals surface area contributed by atoms with Gasteiger partial charge in [0, 0.05) is 6.08 Å². The van der Waals surface area contributed by atoms with Crippen molar-refractivity contribution in [3.63, 3.8) is 0 Å². The first-order valence-electron chi connectivity index (χ1n) is 3.89. The van der Waals surface area contributed by atoms with Crippen molar-refractivity contribution in [2.45, 2.75) is 13.0 Å². The molecule has 0 aliphatic rings. The van der Waals surface area contributed by atoms with Gasteiger partial charge in [0.15, 0.2) is 0 Å². The molecule has 9 heteroatoms. The second-order valence-electron chi connectivity index (χ2n) is 2.53. The van der Waals surface area contributed by atoms with Crippen molar-refractivity contribution in [1.29, 1.82) is 0 Å². The molecule has 0 heterocycles. The molecule has 0 aromatic carbocycles. The molecule has 0 aromatic heterocycles. The van der Waals surface area contributed by atoms with E-state index in [1.165, 1.54) is 6.08 Å². The molecule has 5 N–H and O–H groups in total. The summed E-state index contributed by atoms with van der Waals surface area (Å²) in [6.45, 7) is 1.66. The molecule has 0 fully saturated rings. The van der Waals surface area contributed by atoms with E-state index in [1.807, 2.05) is 0 Å². The molecule has 0 rings (SSSR count). The molecule has 8 nitrogen and oxygen atoms in total. The highest BCUT2D eigenvalue weighted by molar-refractivity contribution is 7.85. The molecule has 0 aromatic rings.